The Kier molecular flexibility index (Phi) is 7.08. The number of aromatic nitrogens is 2. The molecular formula is C21H21BrN4O4. The summed E-state index contributed by atoms with van der Waals surface area (Å²) in [5.41, 5.74) is 1.36. The largest absolute Gasteiger partial charge is 0.494 e. The zero-order valence-electron chi connectivity index (χ0n) is 16.7. The molecule has 9 heteroatoms. The highest BCUT2D eigenvalue weighted by Crippen LogP contribution is 2.38. The van der Waals surface area contributed by atoms with E-state index in [9.17, 15) is 4.79 Å². The number of anilines is 3. The molecule has 0 bridgehead atoms. The summed E-state index contributed by atoms with van der Waals surface area (Å²) in [5.74, 6) is 1.45. The number of halogens is 1. The molecule has 3 rings (SSSR count). The summed E-state index contributed by atoms with van der Waals surface area (Å²) in [5, 5.41) is 6.02. The number of nitrogens with one attached hydrogen (secondary N) is 2. The Labute approximate surface area is 182 Å². The van der Waals surface area contributed by atoms with Gasteiger partial charge < -0.3 is 24.8 Å². The number of benzene rings is 1. The monoisotopic (exact) mass is 472 g/mol. The maximum Gasteiger partial charge on any atom is 0.275 e. The third-order valence-electron chi connectivity index (χ3n) is 4.02. The first-order chi connectivity index (χ1) is 14.5. The molecule has 0 saturated carbocycles. The molecular weight excluding hydrogens is 452 g/mol. The average molecular weight is 473 g/mol. The smallest absolute Gasteiger partial charge is 0.275 e. The minimum atomic E-state index is -0.415. The number of hydrogen-bond donors (Lipinski definition) is 2. The molecule has 30 heavy (non-hydrogen) atoms. The zero-order chi connectivity index (χ0) is 21.5. The molecule has 0 atom stereocenters. The van der Waals surface area contributed by atoms with E-state index in [2.05, 4.69) is 36.5 Å². The summed E-state index contributed by atoms with van der Waals surface area (Å²) in [6.07, 6.45) is 1.59. The van der Waals surface area contributed by atoms with E-state index in [0.717, 1.165) is 4.47 Å². The first-order valence-corrected chi connectivity index (χ1v) is 9.89. The summed E-state index contributed by atoms with van der Waals surface area (Å²) in [4.78, 5) is 21.3. The van der Waals surface area contributed by atoms with Gasteiger partial charge in [0, 0.05) is 16.7 Å². The summed E-state index contributed by atoms with van der Waals surface area (Å²) < 4.78 is 17.0. The van der Waals surface area contributed by atoms with Gasteiger partial charge in [-0.15, -0.1) is 0 Å². The van der Waals surface area contributed by atoms with Crippen molar-refractivity contribution < 1.29 is 19.0 Å². The van der Waals surface area contributed by atoms with Crippen LogP contribution in [0.25, 0.3) is 0 Å². The van der Waals surface area contributed by atoms with Crippen LogP contribution in [0.1, 0.15) is 17.4 Å². The Morgan fingerprint density at radius 1 is 1.10 bits per heavy atom. The van der Waals surface area contributed by atoms with Gasteiger partial charge in [0.1, 0.15) is 22.9 Å². The van der Waals surface area contributed by atoms with Gasteiger partial charge in [-0.3, -0.25) is 4.79 Å². The van der Waals surface area contributed by atoms with E-state index in [0.29, 0.717) is 41.2 Å². The van der Waals surface area contributed by atoms with Crippen molar-refractivity contribution in [3.8, 4) is 17.4 Å². The van der Waals surface area contributed by atoms with Crippen molar-refractivity contribution in [2.24, 2.45) is 0 Å². The van der Waals surface area contributed by atoms with Crippen molar-refractivity contribution in [2.75, 3.05) is 31.5 Å². The van der Waals surface area contributed by atoms with Gasteiger partial charge in [0.15, 0.2) is 5.82 Å². The number of ether oxygens (including phenoxy) is 3. The molecule has 0 radical (unpaired) electrons. The molecule has 0 unspecified atom stereocenters. The van der Waals surface area contributed by atoms with Crippen LogP contribution in [0.15, 0.2) is 53.1 Å². The maximum absolute atomic E-state index is 12.7. The Morgan fingerprint density at radius 2 is 1.80 bits per heavy atom. The highest BCUT2D eigenvalue weighted by molar-refractivity contribution is 9.10. The Bertz CT molecular complexity index is 1020. The van der Waals surface area contributed by atoms with Crippen LogP contribution >= 0.6 is 15.9 Å². The Balaban J connectivity index is 1.92. The molecule has 2 N–H and O–H groups in total. The first-order valence-electron chi connectivity index (χ1n) is 9.10. The van der Waals surface area contributed by atoms with Crippen molar-refractivity contribution in [3.63, 3.8) is 0 Å². The van der Waals surface area contributed by atoms with Gasteiger partial charge in [-0.05, 0) is 47.1 Å². The molecule has 0 fully saturated rings. The third kappa shape index (κ3) is 4.98. The topological polar surface area (TPSA) is 94.6 Å². The molecule has 156 valence electrons. The molecule has 0 spiro atoms. The lowest BCUT2D eigenvalue weighted by Gasteiger charge is -2.17. The number of nitrogens with zero attached hydrogens (tertiary/aromatic N) is 2. The fourth-order valence-electron chi connectivity index (χ4n) is 2.68. The van der Waals surface area contributed by atoms with Crippen molar-refractivity contribution in [3.05, 3.63) is 58.8 Å². The molecule has 3 aromatic rings. The first kappa shape index (κ1) is 21.4. The van der Waals surface area contributed by atoms with E-state index in [-0.39, 0.29) is 5.69 Å². The number of methoxy groups -OCH3 is 2. The lowest BCUT2D eigenvalue weighted by atomic mass is 10.2. The lowest BCUT2D eigenvalue weighted by Crippen LogP contribution is -2.16. The van der Waals surface area contributed by atoms with E-state index in [4.69, 9.17) is 14.2 Å². The summed E-state index contributed by atoms with van der Waals surface area (Å²) in [7, 11) is 3.14. The fourth-order valence-corrected chi connectivity index (χ4v) is 3.02. The SMILES string of the molecule is CCOc1cccc(C(=O)Nc2ncc(Br)cc2Nc2c(OC)cccc2OC)n1. The molecule has 1 aromatic carbocycles. The van der Waals surface area contributed by atoms with Crippen LogP contribution in [-0.2, 0) is 0 Å². The second kappa shape index (κ2) is 9.93. The van der Waals surface area contributed by atoms with E-state index in [1.807, 2.05) is 13.0 Å². The van der Waals surface area contributed by atoms with Crippen molar-refractivity contribution in [2.45, 2.75) is 6.92 Å². The summed E-state index contributed by atoms with van der Waals surface area (Å²) >= 11 is 3.41. The lowest BCUT2D eigenvalue weighted by molar-refractivity contribution is 0.102. The second-order valence-corrected chi connectivity index (χ2v) is 6.88. The minimum Gasteiger partial charge on any atom is -0.494 e. The van der Waals surface area contributed by atoms with Gasteiger partial charge >= 0.3 is 0 Å². The number of hydrogen-bond acceptors (Lipinski definition) is 7. The molecule has 0 aliphatic heterocycles. The van der Waals surface area contributed by atoms with Gasteiger partial charge in [-0.25, -0.2) is 9.97 Å². The van der Waals surface area contributed by atoms with E-state index >= 15 is 0 Å². The molecule has 0 aliphatic carbocycles. The third-order valence-corrected chi connectivity index (χ3v) is 4.46. The molecule has 1 amide bonds. The zero-order valence-corrected chi connectivity index (χ0v) is 18.3. The molecule has 0 saturated heterocycles. The van der Waals surface area contributed by atoms with E-state index in [1.165, 1.54) is 0 Å². The van der Waals surface area contributed by atoms with Gasteiger partial charge in [0.05, 0.1) is 26.5 Å². The van der Waals surface area contributed by atoms with Crippen LogP contribution in [0, 0.1) is 0 Å². The van der Waals surface area contributed by atoms with Crippen molar-refractivity contribution in [1.29, 1.82) is 0 Å². The minimum absolute atomic E-state index is 0.214. The predicted molar refractivity (Wildman–Crippen MR) is 118 cm³/mol. The van der Waals surface area contributed by atoms with E-state index < -0.39 is 5.91 Å². The van der Waals surface area contributed by atoms with Crippen LogP contribution < -0.4 is 24.8 Å². The Morgan fingerprint density at radius 3 is 2.47 bits per heavy atom. The van der Waals surface area contributed by atoms with Gasteiger partial charge in [-0.1, -0.05) is 12.1 Å². The highest BCUT2D eigenvalue weighted by atomic mass is 79.9. The van der Waals surface area contributed by atoms with Crippen LogP contribution in [-0.4, -0.2) is 36.7 Å². The van der Waals surface area contributed by atoms with Gasteiger partial charge in [0.25, 0.3) is 5.91 Å². The molecule has 2 heterocycles. The van der Waals surface area contributed by atoms with Crippen LogP contribution in [0.5, 0.6) is 17.4 Å². The molecule has 0 aliphatic rings. The second-order valence-electron chi connectivity index (χ2n) is 5.96. The maximum atomic E-state index is 12.7. The standard InChI is InChI=1S/C21H21BrN4O4/c1-4-30-18-10-5-7-14(24-18)21(27)26-20-15(11-13(22)12-23-20)25-19-16(28-2)8-6-9-17(19)29-3/h5-12,25H,4H2,1-3H3,(H,23,26,27). The number of rotatable bonds is 8. The van der Waals surface area contributed by atoms with Gasteiger partial charge in [-0.2, -0.15) is 0 Å². The molecule has 8 nitrogen and oxygen atoms in total. The average Bonchev–Trinajstić information content (AvgIpc) is 2.76. The van der Waals surface area contributed by atoms with Gasteiger partial charge in [0.2, 0.25) is 5.88 Å². The van der Waals surface area contributed by atoms with Crippen LogP contribution in [0.2, 0.25) is 0 Å². The predicted octanol–water partition coefficient (Wildman–Crippen LogP) is 4.65. The number of carbonyl (C=O) groups is 1. The fraction of sp³-hybridized carbons (Fsp3) is 0.190. The summed E-state index contributed by atoms with van der Waals surface area (Å²) in [6, 6.07) is 12.2. The number of pyridine rings is 2. The number of carbonyl (C=O) groups excluding carboxylic acids is 1. The highest BCUT2D eigenvalue weighted by Gasteiger charge is 2.16. The van der Waals surface area contributed by atoms with Crippen molar-refractivity contribution >= 4 is 39.0 Å². The Hall–Kier alpha value is -3.33. The van der Waals surface area contributed by atoms with Crippen molar-refractivity contribution in [1.82, 2.24) is 9.97 Å². The molecule has 2 aromatic heterocycles. The van der Waals surface area contributed by atoms with Crippen LogP contribution in [0.4, 0.5) is 17.2 Å². The van der Waals surface area contributed by atoms with Crippen LogP contribution in [0.3, 0.4) is 0 Å². The normalized spacial score (nSPS) is 10.3. The quantitative estimate of drug-likeness (QED) is 0.492. The van der Waals surface area contributed by atoms with E-state index in [1.54, 1.807) is 56.8 Å². The number of amides is 1. The summed E-state index contributed by atoms with van der Waals surface area (Å²) in [6.45, 7) is 2.31. The number of para-hydroxylation sites is 1.